The Morgan fingerprint density at radius 3 is 2.25 bits per heavy atom. The van der Waals surface area contributed by atoms with Gasteiger partial charge in [0.2, 0.25) is 0 Å². The van der Waals surface area contributed by atoms with Gasteiger partial charge in [-0.25, -0.2) is 4.79 Å². The van der Waals surface area contributed by atoms with Gasteiger partial charge in [-0.1, -0.05) is 43.3 Å². The van der Waals surface area contributed by atoms with Crippen molar-refractivity contribution in [3.8, 4) is 0 Å². The van der Waals surface area contributed by atoms with Crippen LogP contribution in [0.25, 0.3) is 11.0 Å². The molecule has 0 amide bonds. The number of piperazine rings is 1. The van der Waals surface area contributed by atoms with Crippen LogP contribution in [0.2, 0.25) is 0 Å². The molecule has 0 bridgehead atoms. The van der Waals surface area contributed by atoms with E-state index in [4.69, 9.17) is 4.42 Å². The van der Waals surface area contributed by atoms with Crippen LogP contribution in [0.4, 0.5) is 0 Å². The summed E-state index contributed by atoms with van der Waals surface area (Å²) in [4.78, 5) is 15.3. The molecule has 4 heteroatoms. The van der Waals surface area contributed by atoms with Crippen LogP contribution in [-0.4, -0.2) is 26.2 Å². The maximum atomic E-state index is 12.1. The zero-order valence-electron chi connectivity index (χ0n) is 16.9. The minimum Gasteiger partial charge on any atom is -0.423 e. The number of hydrogen-bond donors (Lipinski definition) is 2. The Kier molecular flexibility index (Phi) is 5.60. The summed E-state index contributed by atoms with van der Waals surface area (Å²) < 4.78 is 5.46. The normalized spacial score (nSPS) is 19.8. The van der Waals surface area contributed by atoms with E-state index in [0.29, 0.717) is 0 Å². The van der Waals surface area contributed by atoms with Gasteiger partial charge in [0.15, 0.2) is 0 Å². The fraction of sp³-hybridized carbons (Fsp3) is 0.375. The summed E-state index contributed by atoms with van der Waals surface area (Å²) in [5.74, 6) is 0. The predicted octanol–water partition coefficient (Wildman–Crippen LogP) is 1.15. The van der Waals surface area contributed by atoms with E-state index in [1.54, 1.807) is 15.9 Å². The molecule has 1 aromatic heterocycles. The molecular formula is C24H30N2O2+2. The molecular weight excluding hydrogens is 348 g/mol. The number of aryl methyl sites for hydroxylation is 2. The van der Waals surface area contributed by atoms with Gasteiger partial charge in [0.1, 0.15) is 44.9 Å². The molecule has 0 unspecified atom stereocenters. The maximum absolute atomic E-state index is 12.1. The minimum atomic E-state index is -0.237. The zero-order chi connectivity index (χ0) is 19.5. The molecule has 0 spiro atoms. The van der Waals surface area contributed by atoms with Crippen molar-refractivity contribution in [1.82, 2.24) is 0 Å². The van der Waals surface area contributed by atoms with Crippen molar-refractivity contribution >= 4 is 11.0 Å². The van der Waals surface area contributed by atoms with Gasteiger partial charge in [-0.15, -0.1) is 0 Å². The fourth-order valence-corrected chi connectivity index (χ4v) is 4.30. The van der Waals surface area contributed by atoms with Gasteiger partial charge in [-0.05, 0) is 30.5 Å². The van der Waals surface area contributed by atoms with E-state index in [0.717, 1.165) is 49.1 Å². The molecule has 0 radical (unpaired) electrons. The Morgan fingerprint density at radius 1 is 0.893 bits per heavy atom. The number of nitrogens with one attached hydrogen (secondary N) is 2. The fourth-order valence-electron chi connectivity index (χ4n) is 4.30. The first-order chi connectivity index (χ1) is 13.6. The Morgan fingerprint density at radius 2 is 1.57 bits per heavy atom. The van der Waals surface area contributed by atoms with Crippen molar-refractivity contribution in [1.29, 1.82) is 0 Å². The van der Waals surface area contributed by atoms with E-state index >= 15 is 0 Å². The molecule has 3 aromatic rings. The van der Waals surface area contributed by atoms with E-state index in [1.165, 1.54) is 29.8 Å². The highest BCUT2D eigenvalue weighted by Crippen LogP contribution is 2.18. The first kappa shape index (κ1) is 18.9. The summed E-state index contributed by atoms with van der Waals surface area (Å²) in [6, 6.07) is 16.7. The van der Waals surface area contributed by atoms with E-state index in [9.17, 15) is 4.79 Å². The van der Waals surface area contributed by atoms with Gasteiger partial charge >= 0.3 is 5.63 Å². The van der Waals surface area contributed by atoms with Gasteiger partial charge in [0.05, 0.1) is 0 Å². The van der Waals surface area contributed by atoms with E-state index in [-0.39, 0.29) is 5.63 Å². The van der Waals surface area contributed by atoms with Gasteiger partial charge in [0.25, 0.3) is 0 Å². The van der Waals surface area contributed by atoms with Crippen molar-refractivity contribution in [2.75, 3.05) is 26.2 Å². The second-order valence-corrected chi connectivity index (χ2v) is 8.05. The third-order valence-electron chi connectivity index (χ3n) is 6.11. The van der Waals surface area contributed by atoms with Crippen LogP contribution in [0, 0.1) is 6.92 Å². The maximum Gasteiger partial charge on any atom is 0.336 e. The van der Waals surface area contributed by atoms with Crippen molar-refractivity contribution in [3.63, 3.8) is 0 Å². The highest BCUT2D eigenvalue weighted by molar-refractivity contribution is 5.80. The molecule has 1 aliphatic heterocycles. The van der Waals surface area contributed by atoms with Crippen LogP contribution in [0.5, 0.6) is 0 Å². The topological polar surface area (TPSA) is 39.1 Å². The molecule has 146 valence electrons. The third kappa shape index (κ3) is 4.18. The SMILES string of the molecule is CCc1ccc2c(C[NH+]3CC[NH+](Cc4ccccc4C)CC3)cc(=O)oc2c1. The highest BCUT2D eigenvalue weighted by Gasteiger charge is 2.24. The van der Waals surface area contributed by atoms with Gasteiger partial charge in [-0.2, -0.15) is 0 Å². The molecule has 0 atom stereocenters. The monoisotopic (exact) mass is 378 g/mol. The minimum absolute atomic E-state index is 0.237. The predicted molar refractivity (Wildman–Crippen MR) is 112 cm³/mol. The van der Waals surface area contributed by atoms with Crippen LogP contribution < -0.4 is 15.4 Å². The molecule has 2 aromatic carbocycles. The largest absolute Gasteiger partial charge is 0.423 e. The van der Waals surface area contributed by atoms with Gasteiger partial charge in [-0.3, -0.25) is 0 Å². The Balaban J connectivity index is 1.44. The van der Waals surface area contributed by atoms with Gasteiger partial charge < -0.3 is 14.2 Å². The van der Waals surface area contributed by atoms with E-state index in [2.05, 4.69) is 50.2 Å². The summed E-state index contributed by atoms with van der Waals surface area (Å²) in [5, 5.41) is 1.08. The lowest BCUT2D eigenvalue weighted by Crippen LogP contribution is -3.27. The number of quaternary nitrogens is 2. The third-order valence-corrected chi connectivity index (χ3v) is 6.11. The lowest BCUT2D eigenvalue weighted by Gasteiger charge is -2.30. The van der Waals surface area contributed by atoms with Crippen LogP contribution in [-0.2, 0) is 19.5 Å². The Labute approximate surface area is 166 Å². The average molecular weight is 379 g/mol. The van der Waals surface area contributed by atoms with Crippen LogP contribution in [0.1, 0.15) is 29.2 Å². The molecule has 4 rings (SSSR count). The standard InChI is InChI=1S/C24H28N2O2/c1-3-19-8-9-22-21(15-24(27)28-23(22)14-19)17-26-12-10-25(11-13-26)16-20-7-5-4-6-18(20)2/h4-9,14-15H,3,10-13,16-17H2,1-2H3/p+2. The average Bonchev–Trinajstić information content (AvgIpc) is 2.70. The first-order valence-corrected chi connectivity index (χ1v) is 10.4. The summed E-state index contributed by atoms with van der Waals surface area (Å²) in [5.41, 5.74) is 5.65. The van der Waals surface area contributed by atoms with Crippen LogP contribution >= 0.6 is 0 Å². The van der Waals surface area contributed by atoms with E-state index in [1.807, 2.05) is 6.07 Å². The molecule has 28 heavy (non-hydrogen) atoms. The highest BCUT2D eigenvalue weighted by atomic mass is 16.4. The van der Waals surface area contributed by atoms with Gasteiger partial charge in [0, 0.05) is 22.6 Å². The lowest BCUT2D eigenvalue weighted by molar-refractivity contribution is -1.02. The molecule has 4 nitrogen and oxygen atoms in total. The molecule has 1 saturated heterocycles. The lowest BCUT2D eigenvalue weighted by atomic mass is 10.1. The molecule has 0 aliphatic carbocycles. The van der Waals surface area contributed by atoms with Crippen molar-refractivity contribution < 1.29 is 14.2 Å². The molecule has 2 heterocycles. The summed E-state index contributed by atoms with van der Waals surface area (Å²) in [6.07, 6.45) is 0.945. The van der Waals surface area contributed by atoms with Crippen molar-refractivity contribution in [2.24, 2.45) is 0 Å². The quantitative estimate of drug-likeness (QED) is 0.654. The summed E-state index contributed by atoms with van der Waals surface area (Å²) in [7, 11) is 0. The first-order valence-electron chi connectivity index (χ1n) is 10.4. The number of hydrogen-bond acceptors (Lipinski definition) is 2. The van der Waals surface area contributed by atoms with Crippen LogP contribution in [0.15, 0.2) is 57.7 Å². The molecule has 0 saturated carbocycles. The second kappa shape index (κ2) is 8.29. The molecule has 1 fully saturated rings. The Hall–Kier alpha value is -2.43. The molecule has 2 N–H and O–H groups in total. The zero-order valence-corrected chi connectivity index (χ0v) is 16.9. The van der Waals surface area contributed by atoms with Crippen molar-refractivity contribution in [2.45, 2.75) is 33.4 Å². The number of rotatable bonds is 5. The Bertz CT molecular complexity index is 1020. The van der Waals surface area contributed by atoms with E-state index < -0.39 is 0 Å². The van der Waals surface area contributed by atoms with Crippen molar-refractivity contribution in [3.05, 3.63) is 81.2 Å². The smallest absolute Gasteiger partial charge is 0.336 e. The molecule has 1 aliphatic rings. The summed E-state index contributed by atoms with van der Waals surface area (Å²) in [6.45, 7) is 10.9. The summed E-state index contributed by atoms with van der Waals surface area (Å²) >= 11 is 0. The second-order valence-electron chi connectivity index (χ2n) is 8.05. The van der Waals surface area contributed by atoms with Crippen LogP contribution in [0.3, 0.4) is 0 Å². The number of benzene rings is 2. The number of fused-ring (bicyclic) bond motifs is 1.